The van der Waals surface area contributed by atoms with E-state index < -0.39 is 0 Å². The Bertz CT molecular complexity index is 2820. The van der Waals surface area contributed by atoms with Crippen molar-refractivity contribution in [2.45, 2.75) is 0 Å². The maximum Gasteiger partial charge on any atom is 0.238 e. The van der Waals surface area contributed by atoms with Gasteiger partial charge in [0, 0.05) is 21.9 Å². The molecule has 0 spiro atoms. The molecule has 50 heavy (non-hydrogen) atoms. The molecule has 6 nitrogen and oxygen atoms in total. The minimum Gasteiger partial charge on any atom is -0.435 e. The van der Waals surface area contributed by atoms with Crippen LogP contribution in [0.25, 0.3) is 95.0 Å². The van der Waals surface area contributed by atoms with Crippen LogP contribution >= 0.6 is 0 Å². The van der Waals surface area contributed by atoms with Crippen molar-refractivity contribution in [3.8, 4) is 51.3 Å². The minimum atomic E-state index is 0.506. The van der Waals surface area contributed by atoms with E-state index in [0.717, 1.165) is 55.1 Å². The molecule has 0 bridgehead atoms. The Labute approximate surface area is 287 Å². The Morgan fingerprint density at radius 1 is 0.420 bits per heavy atom. The first-order chi connectivity index (χ1) is 24.8. The smallest absolute Gasteiger partial charge is 0.238 e. The van der Waals surface area contributed by atoms with Crippen molar-refractivity contribution in [1.82, 2.24) is 24.5 Å². The number of aromatic nitrogens is 5. The van der Waals surface area contributed by atoms with E-state index in [-0.39, 0.29) is 0 Å². The molecule has 10 aromatic rings. The van der Waals surface area contributed by atoms with E-state index in [2.05, 4.69) is 108 Å². The lowest BCUT2D eigenvalue weighted by atomic mass is 10.0. The summed E-state index contributed by atoms with van der Waals surface area (Å²) in [6, 6.07) is 56.0. The number of hydrogen-bond acceptors (Lipinski definition) is 5. The van der Waals surface area contributed by atoms with Crippen molar-refractivity contribution in [2.24, 2.45) is 0 Å². The Kier molecular flexibility index (Phi) is 6.39. The van der Waals surface area contributed by atoms with Gasteiger partial charge in [-0.25, -0.2) is 9.97 Å². The summed E-state index contributed by atoms with van der Waals surface area (Å²) in [5, 5.41) is 4.71. The number of hydrogen-bond donors (Lipinski definition) is 0. The van der Waals surface area contributed by atoms with Crippen molar-refractivity contribution in [1.29, 1.82) is 0 Å². The fraction of sp³-hybridized carbons (Fsp3) is 0. The van der Waals surface area contributed by atoms with E-state index >= 15 is 0 Å². The van der Waals surface area contributed by atoms with Crippen molar-refractivity contribution < 1.29 is 4.42 Å². The van der Waals surface area contributed by atoms with Crippen LogP contribution in [0.4, 0.5) is 0 Å². The minimum absolute atomic E-state index is 0.506. The molecule has 0 amide bonds. The highest BCUT2D eigenvalue weighted by Crippen LogP contribution is 2.35. The highest BCUT2D eigenvalue weighted by molar-refractivity contribution is 6.09. The number of benzene rings is 7. The van der Waals surface area contributed by atoms with Gasteiger partial charge in [0.15, 0.2) is 17.2 Å². The van der Waals surface area contributed by atoms with E-state index in [0.29, 0.717) is 29.1 Å². The van der Waals surface area contributed by atoms with E-state index in [1.165, 1.54) is 10.8 Å². The molecule has 0 aliphatic heterocycles. The normalized spacial score (nSPS) is 11.6. The Morgan fingerprint density at radius 2 is 1.06 bits per heavy atom. The van der Waals surface area contributed by atoms with Crippen LogP contribution in [0.2, 0.25) is 0 Å². The summed E-state index contributed by atoms with van der Waals surface area (Å²) in [5.74, 6) is 2.15. The lowest BCUT2D eigenvalue weighted by molar-refractivity contribution is 0.620. The van der Waals surface area contributed by atoms with E-state index in [1.54, 1.807) is 0 Å². The highest BCUT2D eigenvalue weighted by Gasteiger charge is 2.20. The van der Waals surface area contributed by atoms with Gasteiger partial charge >= 0.3 is 0 Å². The highest BCUT2D eigenvalue weighted by atomic mass is 16.3. The molecule has 10 rings (SSSR count). The van der Waals surface area contributed by atoms with Crippen molar-refractivity contribution in [2.75, 3.05) is 0 Å². The van der Waals surface area contributed by atoms with Crippen LogP contribution in [0.15, 0.2) is 168 Å². The van der Waals surface area contributed by atoms with Crippen LogP contribution in [0.5, 0.6) is 0 Å². The molecule has 0 aliphatic rings. The molecule has 0 fully saturated rings. The fourth-order valence-electron chi connectivity index (χ4n) is 6.86. The van der Waals surface area contributed by atoms with Gasteiger partial charge < -0.3 is 4.42 Å². The number of rotatable bonds is 5. The molecular weight excluding hydrogens is 615 g/mol. The second-order valence-electron chi connectivity index (χ2n) is 12.3. The SMILES string of the molecule is c1ccc(-c2nc3cccc(-c4nc(-c5ccc(-c6ccc7ccccc7c6)cc5)nc(-n5c6ccccc6c6ccccc65)n4)c3o2)cc1. The monoisotopic (exact) mass is 641 g/mol. The zero-order chi connectivity index (χ0) is 33.0. The van der Waals surface area contributed by atoms with Gasteiger partial charge in [-0.1, -0.05) is 121 Å². The average molecular weight is 642 g/mol. The van der Waals surface area contributed by atoms with Gasteiger partial charge in [-0.15, -0.1) is 0 Å². The molecule has 0 N–H and O–H groups in total. The van der Waals surface area contributed by atoms with E-state index in [4.69, 9.17) is 24.4 Å². The molecule has 0 radical (unpaired) electrons. The van der Waals surface area contributed by atoms with E-state index in [1.807, 2.05) is 60.7 Å². The summed E-state index contributed by atoms with van der Waals surface area (Å²) in [4.78, 5) is 20.2. The van der Waals surface area contributed by atoms with Crippen molar-refractivity contribution in [3.63, 3.8) is 0 Å². The van der Waals surface area contributed by atoms with Crippen LogP contribution in [0.3, 0.4) is 0 Å². The molecule has 0 saturated heterocycles. The second kappa shape index (κ2) is 11.4. The van der Waals surface area contributed by atoms with Crippen molar-refractivity contribution >= 4 is 43.7 Å². The van der Waals surface area contributed by atoms with Gasteiger partial charge in [0.1, 0.15) is 5.52 Å². The molecule has 0 aliphatic carbocycles. The first-order valence-corrected chi connectivity index (χ1v) is 16.6. The molecular formula is C44H27N5O. The number of para-hydroxylation sites is 3. The zero-order valence-electron chi connectivity index (χ0n) is 26.7. The summed E-state index contributed by atoms with van der Waals surface area (Å²) < 4.78 is 8.56. The van der Waals surface area contributed by atoms with Gasteiger partial charge in [0.05, 0.1) is 16.6 Å². The summed E-state index contributed by atoms with van der Waals surface area (Å²) in [7, 11) is 0. The lowest BCUT2D eigenvalue weighted by Crippen LogP contribution is -2.06. The Morgan fingerprint density at radius 3 is 1.84 bits per heavy atom. The third-order valence-electron chi connectivity index (χ3n) is 9.31. The number of fused-ring (bicyclic) bond motifs is 5. The van der Waals surface area contributed by atoms with E-state index in [9.17, 15) is 0 Å². The van der Waals surface area contributed by atoms with Crippen LogP contribution < -0.4 is 0 Å². The lowest BCUT2D eigenvalue weighted by Gasteiger charge is -2.11. The molecule has 234 valence electrons. The summed E-state index contributed by atoms with van der Waals surface area (Å²) in [6.07, 6.45) is 0. The van der Waals surface area contributed by atoms with Crippen LogP contribution in [0.1, 0.15) is 0 Å². The van der Waals surface area contributed by atoms with Gasteiger partial charge in [-0.05, 0) is 64.4 Å². The quantitative estimate of drug-likeness (QED) is 0.187. The third-order valence-corrected chi connectivity index (χ3v) is 9.31. The second-order valence-corrected chi connectivity index (χ2v) is 12.3. The van der Waals surface area contributed by atoms with Gasteiger partial charge in [-0.3, -0.25) is 4.57 Å². The maximum absolute atomic E-state index is 6.43. The Hall–Kier alpha value is -6.92. The van der Waals surface area contributed by atoms with Crippen LogP contribution in [0, 0.1) is 0 Å². The molecule has 0 unspecified atom stereocenters. The molecule has 0 atom stereocenters. The summed E-state index contributed by atoms with van der Waals surface area (Å²) in [5.41, 5.74) is 8.22. The average Bonchev–Trinajstić information content (AvgIpc) is 3.78. The molecule has 0 saturated carbocycles. The number of nitrogens with zero attached hydrogens (tertiary/aromatic N) is 5. The maximum atomic E-state index is 6.43. The van der Waals surface area contributed by atoms with Gasteiger partial charge in [0.25, 0.3) is 0 Å². The standard InChI is InChI=1S/C44H27N5O/c1-2-12-31(13-3-1)43-45-37-18-10-17-36(40(37)50-43)42-46-41(30-24-21-29(22-25-30)33-26-23-28-11-4-5-14-32(28)27-33)47-44(48-42)49-38-19-8-6-15-34(38)35-16-7-9-20-39(35)49/h1-27H. The first kappa shape index (κ1) is 28.1. The zero-order valence-corrected chi connectivity index (χ0v) is 26.7. The first-order valence-electron chi connectivity index (χ1n) is 16.6. The number of oxazole rings is 1. The Balaban J connectivity index is 1.17. The molecule has 3 aromatic heterocycles. The van der Waals surface area contributed by atoms with Gasteiger partial charge in [-0.2, -0.15) is 9.97 Å². The molecule has 6 heteroatoms. The van der Waals surface area contributed by atoms with Crippen molar-refractivity contribution in [3.05, 3.63) is 164 Å². The van der Waals surface area contributed by atoms with Crippen LogP contribution in [-0.4, -0.2) is 24.5 Å². The predicted molar refractivity (Wildman–Crippen MR) is 201 cm³/mol. The summed E-state index contributed by atoms with van der Waals surface area (Å²) >= 11 is 0. The van der Waals surface area contributed by atoms with Gasteiger partial charge in [0.2, 0.25) is 11.8 Å². The fourth-order valence-corrected chi connectivity index (χ4v) is 6.86. The van der Waals surface area contributed by atoms with Crippen LogP contribution in [-0.2, 0) is 0 Å². The largest absolute Gasteiger partial charge is 0.435 e. The molecule has 3 heterocycles. The third kappa shape index (κ3) is 4.65. The summed E-state index contributed by atoms with van der Waals surface area (Å²) in [6.45, 7) is 0. The topological polar surface area (TPSA) is 69.6 Å². The predicted octanol–water partition coefficient (Wildman–Crippen LogP) is 10.9. The molecule has 7 aromatic carbocycles.